The molecule has 0 bridgehead atoms. The molecule has 1 saturated carbocycles. The Balaban J connectivity index is 1.46. The van der Waals surface area contributed by atoms with Gasteiger partial charge in [-0.05, 0) is 68.0 Å². The molecule has 1 saturated heterocycles. The van der Waals surface area contributed by atoms with Gasteiger partial charge in [0, 0.05) is 23.7 Å². The second kappa shape index (κ2) is 8.36. The van der Waals surface area contributed by atoms with Crippen LogP contribution in [-0.2, 0) is 0 Å². The maximum absolute atomic E-state index is 13.1. The molecule has 146 valence electrons. The number of carbonyl (C=O) groups excluding carboxylic acids is 2. The number of nitrogens with zero attached hydrogens (tertiary/aromatic N) is 1. The van der Waals surface area contributed by atoms with Crippen molar-refractivity contribution in [1.82, 2.24) is 4.90 Å². The normalized spacial score (nSPS) is 21.7. The summed E-state index contributed by atoms with van der Waals surface area (Å²) in [6, 6.07) is 14.5. The van der Waals surface area contributed by atoms with Crippen molar-refractivity contribution in [2.75, 3.05) is 11.9 Å². The van der Waals surface area contributed by atoms with Crippen molar-refractivity contribution in [3.8, 4) is 0 Å². The zero-order valence-corrected chi connectivity index (χ0v) is 16.6. The molecule has 2 fully saturated rings. The summed E-state index contributed by atoms with van der Waals surface area (Å²) in [6.07, 6.45) is 7.20. The molecule has 5 heteroatoms. The van der Waals surface area contributed by atoms with Gasteiger partial charge in [0.2, 0.25) is 0 Å². The van der Waals surface area contributed by atoms with Crippen molar-refractivity contribution in [2.45, 2.75) is 44.6 Å². The first-order chi connectivity index (χ1) is 13.6. The van der Waals surface area contributed by atoms with Gasteiger partial charge in [0.1, 0.15) is 0 Å². The van der Waals surface area contributed by atoms with Gasteiger partial charge in [0.25, 0.3) is 11.8 Å². The van der Waals surface area contributed by atoms with Crippen molar-refractivity contribution < 1.29 is 9.59 Å². The van der Waals surface area contributed by atoms with Crippen LogP contribution in [0.3, 0.4) is 0 Å². The summed E-state index contributed by atoms with van der Waals surface area (Å²) in [7, 11) is 0. The number of hydrogen-bond acceptors (Lipinski definition) is 2. The summed E-state index contributed by atoms with van der Waals surface area (Å²) >= 11 is 6.10. The molecule has 0 unspecified atom stereocenters. The van der Waals surface area contributed by atoms with Gasteiger partial charge in [0.05, 0.1) is 10.7 Å². The Kier molecular flexibility index (Phi) is 5.67. The first kappa shape index (κ1) is 19.0. The van der Waals surface area contributed by atoms with E-state index >= 15 is 0 Å². The van der Waals surface area contributed by atoms with Crippen molar-refractivity contribution in [3.63, 3.8) is 0 Å². The van der Waals surface area contributed by atoms with Gasteiger partial charge in [-0.2, -0.15) is 0 Å². The minimum absolute atomic E-state index is 0.0923. The van der Waals surface area contributed by atoms with E-state index in [9.17, 15) is 9.59 Å². The zero-order chi connectivity index (χ0) is 19.5. The summed E-state index contributed by atoms with van der Waals surface area (Å²) in [5.74, 6) is 0.513. The number of fused-ring (bicyclic) bond motifs is 1. The first-order valence-electron chi connectivity index (χ1n) is 10.1. The Hall–Kier alpha value is -2.33. The second-order valence-corrected chi connectivity index (χ2v) is 8.17. The van der Waals surface area contributed by atoms with Crippen molar-refractivity contribution in [1.29, 1.82) is 0 Å². The smallest absolute Gasteiger partial charge is 0.255 e. The Bertz CT molecular complexity index is 863. The molecule has 28 heavy (non-hydrogen) atoms. The topological polar surface area (TPSA) is 49.4 Å². The lowest BCUT2D eigenvalue weighted by molar-refractivity contribution is 0.0390. The van der Waals surface area contributed by atoms with Crippen molar-refractivity contribution in [3.05, 3.63) is 64.7 Å². The van der Waals surface area contributed by atoms with Gasteiger partial charge in [-0.15, -0.1) is 0 Å². The van der Waals surface area contributed by atoms with Crippen LogP contribution in [0.4, 0.5) is 5.69 Å². The van der Waals surface area contributed by atoms with E-state index in [4.69, 9.17) is 11.6 Å². The van der Waals surface area contributed by atoms with Crippen LogP contribution in [0, 0.1) is 5.92 Å². The van der Waals surface area contributed by atoms with Crippen LogP contribution in [0.5, 0.6) is 0 Å². The maximum atomic E-state index is 13.1. The molecule has 2 aromatic carbocycles. The van der Waals surface area contributed by atoms with Gasteiger partial charge in [0.15, 0.2) is 0 Å². The van der Waals surface area contributed by atoms with E-state index in [0.717, 1.165) is 19.4 Å². The Labute approximate surface area is 170 Å². The fraction of sp³-hybridized carbons (Fsp3) is 0.391. The first-order valence-corrected chi connectivity index (χ1v) is 10.5. The van der Waals surface area contributed by atoms with E-state index < -0.39 is 0 Å². The van der Waals surface area contributed by atoms with Gasteiger partial charge in [-0.3, -0.25) is 9.59 Å². The molecule has 4 nitrogen and oxygen atoms in total. The second-order valence-electron chi connectivity index (χ2n) is 7.76. The van der Waals surface area contributed by atoms with Crippen LogP contribution < -0.4 is 5.32 Å². The van der Waals surface area contributed by atoms with E-state index in [1.165, 1.54) is 25.7 Å². The lowest BCUT2D eigenvalue weighted by atomic mass is 9.78. The molecule has 1 N–H and O–H groups in total. The van der Waals surface area contributed by atoms with Crippen LogP contribution in [0.2, 0.25) is 5.02 Å². The average Bonchev–Trinajstić information content (AvgIpc) is 2.74. The van der Waals surface area contributed by atoms with Crippen LogP contribution in [0.15, 0.2) is 48.5 Å². The Morgan fingerprint density at radius 2 is 1.57 bits per heavy atom. The monoisotopic (exact) mass is 396 g/mol. The number of rotatable bonds is 3. The molecule has 0 aromatic heterocycles. The van der Waals surface area contributed by atoms with Gasteiger partial charge in [-0.1, -0.05) is 36.6 Å². The number of benzene rings is 2. The van der Waals surface area contributed by atoms with Crippen LogP contribution in [0.25, 0.3) is 0 Å². The Morgan fingerprint density at radius 3 is 2.36 bits per heavy atom. The summed E-state index contributed by atoms with van der Waals surface area (Å²) in [5.41, 5.74) is 1.73. The predicted octanol–water partition coefficient (Wildman–Crippen LogP) is 5.39. The van der Waals surface area contributed by atoms with Crippen LogP contribution in [0.1, 0.15) is 59.2 Å². The molecule has 2 aliphatic rings. The molecule has 1 aliphatic carbocycles. The highest BCUT2D eigenvalue weighted by Gasteiger charge is 2.35. The third kappa shape index (κ3) is 3.93. The van der Waals surface area contributed by atoms with Crippen molar-refractivity contribution in [2.24, 2.45) is 5.92 Å². The highest BCUT2D eigenvalue weighted by molar-refractivity contribution is 6.33. The van der Waals surface area contributed by atoms with Crippen molar-refractivity contribution >= 4 is 29.1 Å². The molecular weight excluding hydrogens is 372 g/mol. The van der Waals surface area contributed by atoms with Gasteiger partial charge >= 0.3 is 0 Å². The molecular formula is C23H25ClN2O2. The summed E-state index contributed by atoms with van der Waals surface area (Å²) < 4.78 is 0. The van der Waals surface area contributed by atoms with E-state index in [1.54, 1.807) is 36.4 Å². The number of hydrogen-bond donors (Lipinski definition) is 1. The molecule has 2 atom stereocenters. The molecule has 0 radical (unpaired) electrons. The molecule has 4 rings (SSSR count). The molecule has 0 spiro atoms. The van der Waals surface area contributed by atoms with E-state index in [1.807, 2.05) is 12.1 Å². The standard InChI is InChI=1S/C23H25ClN2O2/c24-19-8-2-3-9-20(19)25-22(27)17-11-13-18(14-12-17)23(28)26-15-5-7-16-6-1-4-10-21(16)26/h2-3,8-9,11-14,16,21H,1,4-7,10,15H2,(H,25,27)/t16-,21-/m0/s1. The average molecular weight is 397 g/mol. The number of carbonyl (C=O) groups is 2. The number of halogens is 1. The number of amides is 2. The third-order valence-corrected chi connectivity index (χ3v) is 6.35. The van der Waals surface area contributed by atoms with Gasteiger partial charge in [-0.25, -0.2) is 0 Å². The summed E-state index contributed by atoms with van der Waals surface area (Å²) in [5, 5.41) is 3.30. The zero-order valence-electron chi connectivity index (χ0n) is 15.9. The number of para-hydroxylation sites is 1. The fourth-order valence-electron chi connectivity index (χ4n) is 4.56. The summed E-state index contributed by atoms with van der Waals surface area (Å²) in [6.45, 7) is 0.842. The van der Waals surface area contributed by atoms with Crippen LogP contribution in [-0.4, -0.2) is 29.3 Å². The van der Waals surface area contributed by atoms with Gasteiger partial charge < -0.3 is 10.2 Å². The number of likely N-dealkylation sites (tertiary alicyclic amines) is 1. The molecule has 1 heterocycles. The molecule has 1 aliphatic heterocycles. The SMILES string of the molecule is O=C(Nc1ccccc1Cl)c1ccc(C(=O)N2CCC[C@@H]3CCCC[C@@H]32)cc1. The highest BCUT2D eigenvalue weighted by atomic mass is 35.5. The minimum Gasteiger partial charge on any atom is -0.335 e. The van der Waals surface area contributed by atoms with E-state index in [2.05, 4.69) is 10.2 Å². The predicted molar refractivity (Wildman–Crippen MR) is 112 cm³/mol. The minimum atomic E-state index is -0.239. The largest absolute Gasteiger partial charge is 0.335 e. The highest BCUT2D eigenvalue weighted by Crippen LogP contribution is 2.36. The van der Waals surface area contributed by atoms with E-state index in [0.29, 0.717) is 33.8 Å². The number of anilines is 1. The lowest BCUT2D eigenvalue weighted by Crippen LogP contribution is -2.49. The molecule has 2 amide bonds. The number of nitrogens with one attached hydrogen (secondary N) is 1. The third-order valence-electron chi connectivity index (χ3n) is 6.02. The quantitative estimate of drug-likeness (QED) is 0.756. The van der Waals surface area contributed by atoms with E-state index in [-0.39, 0.29) is 11.8 Å². The number of piperidine rings is 1. The Morgan fingerprint density at radius 1 is 0.893 bits per heavy atom. The summed E-state index contributed by atoms with van der Waals surface area (Å²) in [4.78, 5) is 27.6. The lowest BCUT2D eigenvalue weighted by Gasteiger charge is -2.44. The molecule has 2 aromatic rings. The van der Waals surface area contributed by atoms with Crippen LogP contribution >= 0.6 is 11.6 Å². The maximum Gasteiger partial charge on any atom is 0.255 e. The fourth-order valence-corrected chi connectivity index (χ4v) is 4.75.